The molecule has 132 valence electrons. The molecule has 25 heavy (non-hydrogen) atoms. The molecule has 5 heteroatoms. The summed E-state index contributed by atoms with van der Waals surface area (Å²) in [6.07, 6.45) is 3.41. The molecule has 1 amide bonds. The van der Waals surface area contributed by atoms with Crippen molar-refractivity contribution in [2.24, 2.45) is 0 Å². The molecule has 2 bridgehead atoms. The third-order valence-corrected chi connectivity index (χ3v) is 5.56. The van der Waals surface area contributed by atoms with Gasteiger partial charge < -0.3 is 14.8 Å². The zero-order valence-corrected chi connectivity index (χ0v) is 14.8. The molecule has 0 aliphatic carbocycles. The molecule has 4 nitrogen and oxygen atoms in total. The van der Waals surface area contributed by atoms with E-state index in [0.717, 1.165) is 48.6 Å². The van der Waals surface area contributed by atoms with Crippen LogP contribution in [0.1, 0.15) is 41.0 Å². The maximum Gasteiger partial charge on any atom is 0.255 e. The summed E-state index contributed by atoms with van der Waals surface area (Å²) in [5.41, 5.74) is 3.53. The van der Waals surface area contributed by atoms with Crippen molar-refractivity contribution in [2.45, 2.75) is 45.2 Å². The van der Waals surface area contributed by atoms with Gasteiger partial charge >= 0.3 is 0 Å². The topological polar surface area (TPSA) is 37.3 Å². The normalized spacial score (nSPS) is 22.9. The first-order valence-corrected chi connectivity index (χ1v) is 9.03. The minimum Gasteiger partial charge on any atom is -0.337 e. The number of nitrogens with one attached hydrogen (secondary N) is 1. The molecule has 4 rings (SSSR count). The molecule has 2 saturated heterocycles. The lowest BCUT2D eigenvalue weighted by atomic mass is 10.1. The molecule has 3 heterocycles. The molecule has 0 spiro atoms. The first-order valence-electron chi connectivity index (χ1n) is 9.03. The van der Waals surface area contributed by atoms with E-state index in [1.54, 1.807) is 12.1 Å². The van der Waals surface area contributed by atoms with E-state index >= 15 is 0 Å². The van der Waals surface area contributed by atoms with Crippen molar-refractivity contribution in [3.05, 3.63) is 53.1 Å². The maximum absolute atomic E-state index is 13.2. The molecule has 1 aromatic carbocycles. The Bertz CT molecular complexity index is 796. The lowest BCUT2D eigenvalue weighted by Gasteiger charge is -2.24. The monoisotopic (exact) mass is 341 g/mol. The summed E-state index contributed by atoms with van der Waals surface area (Å²) in [6.45, 7) is 5.55. The van der Waals surface area contributed by atoms with E-state index in [4.69, 9.17) is 0 Å². The highest BCUT2D eigenvalue weighted by Gasteiger charge is 2.32. The van der Waals surface area contributed by atoms with E-state index in [1.165, 1.54) is 18.6 Å². The van der Waals surface area contributed by atoms with Crippen LogP contribution in [0.5, 0.6) is 0 Å². The van der Waals surface area contributed by atoms with Gasteiger partial charge in [-0.3, -0.25) is 4.79 Å². The average molecular weight is 341 g/mol. The van der Waals surface area contributed by atoms with Crippen LogP contribution in [0.4, 0.5) is 4.39 Å². The van der Waals surface area contributed by atoms with Crippen LogP contribution < -0.4 is 5.32 Å². The van der Waals surface area contributed by atoms with Gasteiger partial charge in [-0.2, -0.15) is 0 Å². The number of carbonyl (C=O) groups excluding carboxylic acids is 1. The molecule has 2 aromatic rings. The molecule has 2 aliphatic heterocycles. The van der Waals surface area contributed by atoms with Crippen LogP contribution in [-0.4, -0.2) is 40.5 Å². The number of likely N-dealkylation sites (tertiary alicyclic amines) is 1. The predicted octanol–water partition coefficient (Wildman–Crippen LogP) is 3.20. The minimum absolute atomic E-state index is 0.107. The maximum atomic E-state index is 13.2. The van der Waals surface area contributed by atoms with Gasteiger partial charge in [-0.25, -0.2) is 4.39 Å². The van der Waals surface area contributed by atoms with Crippen molar-refractivity contribution in [1.82, 2.24) is 14.8 Å². The summed E-state index contributed by atoms with van der Waals surface area (Å²) in [4.78, 5) is 15.1. The Morgan fingerprint density at radius 3 is 2.60 bits per heavy atom. The smallest absolute Gasteiger partial charge is 0.255 e. The fraction of sp³-hybridized carbons (Fsp3) is 0.450. The number of aromatic nitrogens is 1. The third kappa shape index (κ3) is 2.97. The second kappa shape index (κ2) is 6.30. The molecular formula is C20H24FN3O. The number of aryl methyl sites for hydroxylation is 1. The van der Waals surface area contributed by atoms with Crippen LogP contribution >= 0.6 is 0 Å². The largest absolute Gasteiger partial charge is 0.337 e. The predicted molar refractivity (Wildman–Crippen MR) is 95.7 cm³/mol. The highest BCUT2D eigenvalue weighted by Crippen LogP contribution is 2.25. The number of rotatable bonds is 2. The van der Waals surface area contributed by atoms with Gasteiger partial charge in [-0.05, 0) is 63.4 Å². The zero-order valence-electron chi connectivity index (χ0n) is 14.8. The highest BCUT2D eigenvalue weighted by atomic mass is 19.1. The fourth-order valence-electron chi connectivity index (χ4n) is 4.26. The minimum atomic E-state index is -0.255. The number of nitrogens with zero attached hydrogens (tertiary/aromatic N) is 2. The van der Waals surface area contributed by atoms with Crippen LogP contribution in [0.15, 0.2) is 30.3 Å². The van der Waals surface area contributed by atoms with E-state index in [9.17, 15) is 9.18 Å². The number of hydrogen-bond donors (Lipinski definition) is 1. The van der Waals surface area contributed by atoms with Crippen LogP contribution in [0.2, 0.25) is 0 Å². The van der Waals surface area contributed by atoms with Crippen molar-refractivity contribution in [3.63, 3.8) is 0 Å². The average Bonchev–Trinajstić information content (AvgIpc) is 3.07. The van der Waals surface area contributed by atoms with Crippen molar-refractivity contribution in [1.29, 1.82) is 0 Å². The van der Waals surface area contributed by atoms with Gasteiger partial charge in [0.1, 0.15) is 5.82 Å². The van der Waals surface area contributed by atoms with Gasteiger partial charge in [0.15, 0.2) is 0 Å². The van der Waals surface area contributed by atoms with Crippen molar-refractivity contribution >= 4 is 5.91 Å². The van der Waals surface area contributed by atoms with Crippen molar-refractivity contribution in [3.8, 4) is 5.69 Å². The Morgan fingerprint density at radius 1 is 1.12 bits per heavy atom. The summed E-state index contributed by atoms with van der Waals surface area (Å²) in [5, 5.41) is 3.62. The summed E-state index contributed by atoms with van der Waals surface area (Å²) >= 11 is 0. The summed E-state index contributed by atoms with van der Waals surface area (Å²) in [5.74, 6) is -0.148. The van der Waals surface area contributed by atoms with Crippen LogP contribution in [0.25, 0.3) is 5.69 Å². The molecule has 2 atom stereocenters. The quantitative estimate of drug-likeness (QED) is 0.911. The Morgan fingerprint density at radius 2 is 1.84 bits per heavy atom. The van der Waals surface area contributed by atoms with Crippen LogP contribution in [-0.2, 0) is 0 Å². The van der Waals surface area contributed by atoms with Crippen LogP contribution in [0, 0.1) is 19.7 Å². The molecule has 1 aromatic heterocycles. The van der Waals surface area contributed by atoms with E-state index < -0.39 is 0 Å². The number of halogens is 1. The third-order valence-electron chi connectivity index (χ3n) is 5.56. The Hall–Kier alpha value is -2.14. The van der Waals surface area contributed by atoms with Gasteiger partial charge in [0.2, 0.25) is 0 Å². The standard InChI is InChI=1S/C20H24FN3O/c1-13-11-19(14(2)24(13)18-7-3-15(21)4-8-18)20(25)23-10-9-16-5-6-17(12-23)22-16/h3-4,7-8,11,16-17,22H,5-6,9-10,12H2,1-2H3. The molecular weight excluding hydrogens is 317 g/mol. The summed E-state index contributed by atoms with van der Waals surface area (Å²) in [6, 6.07) is 9.35. The molecule has 2 aliphatic rings. The summed E-state index contributed by atoms with van der Waals surface area (Å²) in [7, 11) is 0. The number of hydrogen-bond acceptors (Lipinski definition) is 2. The second-order valence-electron chi connectivity index (χ2n) is 7.27. The van der Waals surface area contributed by atoms with E-state index in [2.05, 4.69) is 5.32 Å². The Labute approximate surface area is 147 Å². The van der Waals surface area contributed by atoms with E-state index in [-0.39, 0.29) is 11.7 Å². The molecule has 1 N–H and O–H groups in total. The number of carbonyl (C=O) groups is 1. The first kappa shape index (κ1) is 16.3. The Kier molecular flexibility index (Phi) is 4.12. The van der Waals surface area contributed by atoms with Gasteiger partial charge in [0.05, 0.1) is 5.56 Å². The van der Waals surface area contributed by atoms with Crippen molar-refractivity contribution in [2.75, 3.05) is 13.1 Å². The van der Waals surface area contributed by atoms with Gasteiger partial charge in [0.25, 0.3) is 5.91 Å². The molecule has 0 saturated carbocycles. The lowest BCUT2D eigenvalue weighted by molar-refractivity contribution is 0.0747. The molecule has 2 fully saturated rings. The first-order chi connectivity index (χ1) is 12.0. The second-order valence-corrected chi connectivity index (χ2v) is 7.27. The van der Waals surface area contributed by atoms with E-state index in [1.807, 2.05) is 29.4 Å². The highest BCUT2D eigenvalue weighted by molar-refractivity contribution is 5.96. The number of amides is 1. The lowest BCUT2D eigenvalue weighted by Crippen LogP contribution is -2.39. The summed E-state index contributed by atoms with van der Waals surface area (Å²) < 4.78 is 15.2. The van der Waals surface area contributed by atoms with Gasteiger partial charge in [-0.1, -0.05) is 0 Å². The number of fused-ring (bicyclic) bond motifs is 2. The van der Waals surface area contributed by atoms with E-state index in [0.29, 0.717) is 12.1 Å². The molecule has 2 unspecified atom stereocenters. The van der Waals surface area contributed by atoms with Crippen LogP contribution in [0.3, 0.4) is 0 Å². The number of benzene rings is 1. The SMILES string of the molecule is Cc1cc(C(=O)N2CCC3CCC(C2)N3)c(C)n1-c1ccc(F)cc1. The van der Waals surface area contributed by atoms with Gasteiger partial charge in [0, 0.05) is 42.2 Å². The van der Waals surface area contributed by atoms with Gasteiger partial charge in [-0.15, -0.1) is 0 Å². The fourth-order valence-corrected chi connectivity index (χ4v) is 4.26. The Balaban J connectivity index is 1.63. The van der Waals surface area contributed by atoms with Crippen molar-refractivity contribution < 1.29 is 9.18 Å². The zero-order chi connectivity index (χ0) is 17.6. The molecule has 0 radical (unpaired) electrons.